The van der Waals surface area contributed by atoms with E-state index in [0.29, 0.717) is 31.5 Å². The van der Waals surface area contributed by atoms with Gasteiger partial charge in [-0.3, -0.25) is 0 Å². The fourth-order valence-electron chi connectivity index (χ4n) is 1.41. The molecule has 5 nitrogen and oxygen atoms in total. The van der Waals surface area contributed by atoms with Crippen molar-refractivity contribution in [3.8, 4) is 11.4 Å². The summed E-state index contributed by atoms with van der Waals surface area (Å²) in [6.07, 6.45) is 0. The van der Waals surface area contributed by atoms with E-state index in [1.165, 1.54) is 0 Å². The number of nitrogens with two attached hydrogens (primary N) is 1. The molecule has 0 aliphatic heterocycles. The van der Waals surface area contributed by atoms with E-state index < -0.39 is 0 Å². The van der Waals surface area contributed by atoms with Crippen LogP contribution in [0.4, 0.5) is 0 Å². The van der Waals surface area contributed by atoms with Crippen molar-refractivity contribution >= 4 is 0 Å². The molecule has 17 heavy (non-hydrogen) atoms. The van der Waals surface area contributed by atoms with Crippen molar-refractivity contribution in [1.82, 2.24) is 10.1 Å². The first-order valence-corrected chi connectivity index (χ1v) is 5.53. The zero-order valence-corrected chi connectivity index (χ0v) is 9.72. The van der Waals surface area contributed by atoms with Crippen LogP contribution in [-0.2, 0) is 17.9 Å². The summed E-state index contributed by atoms with van der Waals surface area (Å²) < 4.78 is 10.3. The van der Waals surface area contributed by atoms with Crippen LogP contribution in [-0.4, -0.2) is 16.7 Å². The topological polar surface area (TPSA) is 74.2 Å². The summed E-state index contributed by atoms with van der Waals surface area (Å²) in [6.45, 7) is 3.43. The van der Waals surface area contributed by atoms with Gasteiger partial charge in [-0.15, -0.1) is 0 Å². The first-order valence-electron chi connectivity index (χ1n) is 5.53. The van der Waals surface area contributed by atoms with Crippen LogP contribution in [0.25, 0.3) is 11.4 Å². The number of hydrogen-bond donors (Lipinski definition) is 1. The lowest BCUT2D eigenvalue weighted by molar-refractivity contribution is 0.109. The van der Waals surface area contributed by atoms with E-state index in [9.17, 15) is 0 Å². The summed E-state index contributed by atoms with van der Waals surface area (Å²) in [7, 11) is 0. The van der Waals surface area contributed by atoms with Gasteiger partial charge in [0.05, 0.1) is 0 Å². The van der Waals surface area contributed by atoms with E-state index in [0.717, 1.165) is 11.1 Å². The molecule has 0 aliphatic carbocycles. The number of ether oxygens (including phenoxy) is 1. The Bertz CT molecular complexity index is 465. The maximum atomic E-state index is 5.53. The fraction of sp³-hybridized carbons (Fsp3) is 0.333. The Morgan fingerprint density at radius 1 is 1.29 bits per heavy atom. The molecule has 0 saturated carbocycles. The molecule has 0 radical (unpaired) electrons. The highest BCUT2D eigenvalue weighted by molar-refractivity contribution is 5.54. The van der Waals surface area contributed by atoms with Crippen LogP contribution in [0.5, 0.6) is 0 Å². The summed E-state index contributed by atoms with van der Waals surface area (Å²) in [4.78, 5) is 4.24. The highest BCUT2D eigenvalue weighted by Crippen LogP contribution is 2.16. The van der Waals surface area contributed by atoms with Crippen LogP contribution in [0, 0.1) is 0 Å². The van der Waals surface area contributed by atoms with E-state index in [-0.39, 0.29) is 0 Å². The van der Waals surface area contributed by atoms with Crippen LogP contribution in [0.1, 0.15) is 18.4 Å². The van der Waals surface area contributed by atoms with Crippen molar-refractivity contribution < 1.29 is 9.26 Å². The minimum Gasteiger partial charge on any atom is -0.372 e. The lowest BCUT2D eigenvalue weighted by Crippen LogP contribution is -1.95. The summed E-state index contributed by atoms with van der Waals surface area (Å²) in [5.74, 6) is 1.06. The van der Waals surface area contributed by atoms with Crippen molar-refractivity contribution in [2.75, 3.05) is 6.61 Å². The summed E-state index contributed by atoms with van der Waals surface area (Å²) in [5, 5.41) is 3.90. The minimum absolute atomic E-state index is 0.352. The molecule has 0 fully saturated rings. The maximum Gasteiger partial charge on any atom is 0.252 e. The van der Waals surface area contributed by atoms with Gasteiger partial charge in [0, 0.05) is 18.7 Å². The Labute approximate surface area is 99.6 Å². The number of aromatic nitrogens is 2. The molecule has 0 atom stereocenters. The zero-order valence-electron chi connectivity index (χ0n) is 9.72. The smallest absolute Gasteiger partial charge is 0.252 e. The Morgan fingerprint density at radius 3 is 2.71 bits per heavy atom. The van der Waals surface area contributed by atoms with Crippen LogP contribution in [0.15, 0.2) is 28.8 Å². The van der Waals surface area contributed by atoms with Crippen LogP contribution in [0.3, 0.4) is 0 Å². The van der Waals surface area contributed by atoms with Gasteiger partial charge in [-0.05, 0) is 12.5 Å². The van der Waals surface area contributed by atoms with Gasteiger partial charge in [-0.25, -0.2) is 0 Å². The van der Waals surface area contributed by atoms with Crippen LogP contribution in [0.2, 0.25) is 0 Å². The van der Waals surface area contributed by atoms with Crippen molar-refractivity contribution in [3.63, 3.8) is 0 Å². The molecule has 2 N–H and O–H groups in total. The van der Waals surface area contributed by atoms with Crippen molar-refractivity contribution in [1.29, 1.82) is 0 Å². The van der Waals surface area contributed by atoms with Crippen molar-refractivity contribution in [2.45, 2.75) is 20.1 Å². The van der Waals surface area contributed by atoms with Gasteiger partial charge < -0.3 is 15.0 Å². The highest BCUT2D eigenvalue weighted by Gasteiger charge is 2.08. The molecule has 2 rings (SSSR count). The average molecular weight is 233 g/mol. The lowest BCUT2D eigenvalue weighted by atomic mass is 10.1. The van der Waals surface area contributed by atoms with Gasteiger partial charge >= 0.3 is 0 Å². The SMILES string of the molecule is CCOCc1nc(-c2ccc(CN)cc2)no1. The first kappa shape index (κ1) is 11.8. The third-order valence-corrected chi connectivity index (χ3v) is 2.35. The Morgan fingerprint density at radius 2 is 2.06 bits per heavy atom. The molecule has 0 bridgehead atoms. The van der Waals surface area contributed by atoms with E-state index in [1.807, 2.05) is 31.2 Å². The largest absolute Gasteiger partial charge is 0.372 e. The maximum absolute atomic E-state index is 5.53. The molecule has 0 aliphatic rings. The summed E-state index contributed by atoms with van der Waals surface area (Å²) >= 11 is 0. The molecule has 2 aromatic rings. The monoisotopic (exact) mass is 233 g/mol. The zero-order chi connectivity index (χ0) is 12.1. The second-order valence-corrected chi connectivity index (χ2v) is 3.55. The molecule has 1 aromatic heterocycles. The van der Waals surface area contributed by atoms with Gasteiger partial charge in [-0.2, -0.15) is 4.98 Å². The average Bonchev–Trinajstić information content (AvgIpc) is 2.85. The molecule has 1 aromatic carbocycles. The minimum atomic E-state index is 0.352. The molecule has 5 heteroatoms. The van der Waals surface area contributed by atoms with Crippen LogP contribution >= 0.6 is 0 Å². The Hall–Kier alpha value is -1.72. The predicted octanol–water partition coefficient (Wildman–Crippen LogP) is 1.73. The second kappa shape index (κ2) is 5.56. The van der Waals surface area contributed by atoms with E-state index in [4.69, 9.17) is 15.0 Å². The molecule has 0 unspecified atom stereocenters. The molecule has 90 valence electrons. The second-order valence-electron chi connectivity index (χ2n) is 3.55. The summed E-state index contributed by atoms with van der Waals surface area (Å²) in [6, 6.07) is 7.76. The quantitative estimate of drug-likeness (QED) is 0.851. The summed E-state index contributed by atoms with van der Waals surface area (Å²) in [5.41, 5.74) is 7.52. The van der Waals surface area contributed by atoms with Gasteiger partial charge in [-0.1, -0.05) is 29.4 Å². The molecule has 0 amide bonds. The van der Waals surface area contributed by atoms with E-state index in [1.54, 1.807) is 0 Å². The van der Waals surface area contributed by atoms with Crippen molar-refractivity contribution in [2.24, 2.45) is 5.73 Å². The van der Waals surface area contributed by atoms with Crippen LogP contribution < -0.4 is 5.73 Å². The van der Waals surface area contributed by atoms with E-state index >= 15 is 0 Å². The molecule has 0 spiro atoms. The van der Waals surface area contributed by atoms with Gasteiger partial charge in [0.1, 0.15) is 6.61 Å². The first-order chi connectivity index (χ1) is 8.33. The predicted molar refractivity (Wildman–Crippen MR) is 63.0 cm³/mol. The van der Waals surface area contributed by atoms with Gasteiger partial charge in [0.25, 0.3) is 5.89 Å². The van der Waals surface area contributed by atoms with Crippen molar-refractivity contribution in [3.05, 3.63) is 35.7 Å². The molecule has 0 saturated heterocycles. The van der Waals surface area contributed by atoms with Gasteiger partial charge in [0.15, 0.2) is 0 Å². The molecular formula is C12H15N3O2. The van der Waals surface area contributed by atoms with Gasteiger partial charge in [0.2, 0.25) is 5.82 Å². The molecular weight excluding hydrogens is 218 g/mol. The third-order valence-electron chi connectivity index (χ3n) is 2.35. The highest BCUT2D eigenvalue weighted by atomic mass is 16.5. The Balaban J connectivity index is 2.12. The van der Waals surface area contributed by atoms with E-state index in [2.05, 4.69) is 10.1 Å². The third kappa shape index (κ3) is 2.89. The number of nitrogens with zero attached hydrogens (tertiary/aromatic N) is 2. The fourth-order valence-corrected chi connectivity index (χ4v) is 1.41. The Kier molecular flexibility index (Phi) is 3.85. The number of hydrogen-bond acceptors (Lipinski definition) is 5. The standard InChI is InChI=1S/C12H15N3O2/c1-2-16-8-11-14-12(15-17-11)10-5-3-9(7-13)4-6-10/h3-6H,2,7-8,13H2,1H3. The number of rotatable bonds is 5. The molecule has 1 heterocycles. The normalized spacial score (nSPS) is 10.7. The lowest BCUT2D eigenvalue weighted by Gasteiger charge is -1.97. The number of benzene rings is 1.